The van der Waals surface area contributed by atoms with Crippen LogP contribution in [-0.4, -0.2) is 5.97 Å². The van der Waals surface area contributed by atoms with Crippen molar-refractivity contribution in [3.63, 3.8) is 0 Å². The molecule has 3 aromatic rings. The minimum Gasteiger partial charge on any atom is -0.461 e. The number of rotatable bonds is 4. The van der Waals surface area contributed by atoms with Crippen LogP contribution in [0.4, 0.5) is 0 Å². The van der Waals surface area contributed by atoms with Crippen molar-refractivity contribution in [2.75, 3.05) is 0 Å². The monoisotopic (exact) mass is 354 g/mol. The average molecular weight is 355 g/mol. The summed E-state index contributed by atoms with van der Waals surface area (Å²) in [5, 5.41) is 2.24. The first-order valence-corrected chi connectivity index (χ1v) is 7.88. The smallest absolute Gasteiger partial charge is 0.310 e. The maximum Gasteiger partial charge on any atom is 0.310 e. The summed E-state index contributed by atoms with van der Waals surface area (Å²) in [6, 6.07) is 21.8. The Balaban J connectivity index is 1.68. The van der Waals surface area contributed by atoms with Gasteiger partial charge in [-0.15, -0.1) is 0 Å². The maximum absolute atomic E-state index is 12.1. The van der Waals surface area contributed by atoms with Crippen molar-refractivity contribution < 1.29 is 9.53 Å². The molecule has 0 amide bonds. The molecule has 3 heteroatoms. The topological polar surface area (TPSA) is 26.3 Å². The molecule has 0 fully saturated rings. The van der Waals surface area contributed by atoms with Gasteiger partial charge < -0.3 is 4.74 Å². The molecule has 0 atom stereocenters. The van der Waals surface area contributed by atoms with E-state index in [-0.39, 0.29) is 12.4 Å². The standard InChI is InChI=1S/C19H15BrO2/c20-17-9-3-5-14(11-17)13-22-19(21)12-16-8-4-7-15-6-1-2-10-18(15)16/h1-11H,12-13H2. The Labute approximate surface area is 137 Å². The predicted molar refractivity (Wildman–Crippen MR) is 91.6 cm³/mol. The predicted octanol–water partition coefficient (Wildman–Crippen LogP) is 4.89. The van der Waals surface area contributed by atoms with Gasteiger partial charge in [0, 0.05) is 4.47 Å². The summed E-state index contributed by atoms with van der Waals surface area (Å²) < 4.78 is 6.36. The van der Waals surface area contributed by atoms with Gasteiger partial charge >= 0.3 is 5.97 Å². The van der Waals surface area contributed by atoms with Gasteiger partial charge in [0.25, 0.3) is 0 Å². The molecule has 0 spiro atoms. The van der Waals surface area contributed by atoms with E-state index in [0.717, 1.165) is 26.4 Å². The fourth-order valence-electron chi connectivity index (χ4n) is 2.44. The van der Waals surface area contributed by atoms with Crippen LogP contribution in [0.15, 0.2) is 71.2 Å². The van der Waals surface area contributed by atoms with Crippen LogP contribution in [0.2, 0.25) is 0 Å². The van der Waals surface area contributed by atoms with Crippen LogP contribution >= 0.6 is 15.9 Å². The van der Waals surface area contributed by atoms with E-state index >= 15 is 0 Å². The van der Waals surface area contributed by atoms with Crippen LogP contribution in [0.1, 0.15) is 11.1 Å². The molecule has 0 saturated heterocycles. The largest absolute Gasteiger partial charge is 0.461 e. The van der Waals surface area contributed by atoms with Crippen molar-refractivity contribution in [3.8, 4) is 0 Å². The Morgan fingerprint density at radius 2 is 1.73 bits per heavy atom. The van der Waals surface area contributed by atoms with Gasteiger partial charge in [-0.2, -0.15) is 0 Å². The van der Waals surface area contributed by atoms with Crippen LogP contribution < -0.4 is 0 Å². The molecular formula is C19H15BrO2. The number of hydrogen-bond acceptors (Lipinski definition) is 2. The summed E-state index contributed by atoms with van der Waals surface area (Å²) >= 11 is 3.41. The van der Waals surface area contributed by atoms with E-state index in [2.05, 4.69) is 15.9 Å². The van der Waals surface area contributed by atoms with Crippen LogP contribution in [0, 0.1) is 0 Å². The molecule has 3 aromatic carbocycles. The Kier molecular flexibility index (Phi) is 4.54. The second kappa shape index (κ2) is 6.75. The maximum atomic E-state index is 12.1. The van der Waals surface area contributed by atoms with E-state index < -0.39 is 0 Å². The molecule has 2 nitrogen and oxygen atoms in total. The first-order chi connectivity index (χ1) is 10.7. The van der Waals surface area contributed by atoms with Crippen molar-refractivity contribution in [2.45, 2.75) is 13.0 Å². The number of halogens is 1. The van der Waals surface area contributed by atoms with Gasteiger partial charge in [0.1, 0.15) is 6.61 Å². The van der Waals surface area contributed by atoms with Crippen molar-refractivity contribution in [2.24, 2.45) is 0 Å². The van der Waals surface area contributed by atoms with Gasteiger partial charge in [-0.25, -0.2) is 0 Å². The lowest BCUT2D eigenvalue weighted by Crippen LogP contribution is -2.08. The zero-order valence-electron chi connectivity index (χ0n) is 12.0. The van der Waals surface area contributed by atoms with Crippen LogP contribution in [0.25, 0.3) is 10.8 Å². The lowest BCUT2D eigenvalue weighted by atomic mass is 10.0. The minimum atomic E-state index is -0.212. The molecule has 0 heterocycles. The van der Waals surface area contributed by atoms with Gasteiger partial charge in [0.2, 0.25) is 0 Å². The number of carbonyl (C=O) groups is 1. The van der Waals surface area contributed by atoms with Crippen molar-refractivity contribution in [1.29, 1.82) is 0 Å². The lowest BCUT2D eigenvalue weighted by Gasteiger charge is -2.08. The molecular weight excluding hydrogens is 340 g/mol. The molecule has 0 aliphatic heterocycles. The molecule has 0 N–H and O–H groups in total. The molecule has 110 valence electrons. The van der Waals surface area contributed by atoms with Crippen LogP contribution in [0.5, 0.6) is 0 Å². The molecule has 0 aromatic heterocycles. The third-order valence-electron chi connectivity index (χ3n) is 3.50. The fraction of sp³-hybridized carbons (Fsp3) is 0.105. The third-order valence-corrected chi connectivity index (χ3v) is 4.00. The van der Waals surface area contributed by atoms with E-state index in [4.69, 9.17) is 4.74 Å². The third kappa shape index (κ3) is 3.55. The number of esters is 1. The highest BCUT2D eigenvalue weighted by Crippen LogP contribution is 2.19. The quantitative estimate of drug-likeness (QED) is 0.623. The molecule has 0 bridgehead atoms. The van der Waals surface area contributed by atoms with Gasteiger partial charge in [-0.3, -0.25) is 4.79 Å². The van der Waals surface area contributed by atoms with Gasteiger partial charge in [-0.05, 0) is 34.0 Å². The van der Waals surface area contributed by atoms with Gasteiger partial charge in [0.15, 0.2) is 0 Å². The minimum absolute atomic E-state index is 0.212. The second-order valence-electron chi connectivity index (χ2n) is 5.11. The van der Waals surface area contributed by atoms with Gasteiger partial charge in [-0.1, -0.05) is 70.5 Å². The molecule has 22 heavy (non-hydrogen) atoms. The zero-order chi connectivity index (χ0) is 15.4. The van der Waals surface area contributed by atoms with Gasteiger partial charge in [0.05, 0.1) is 6.42 Å². The first-order valence-electron chi connectivity index (χ1n) is 7.09. The Morgan fingerprint density at radius 1 is 0.955 bits per heavy atom. The number of carbonyl (C=O) groups excluding carboxylic acids is 1. The highest BCUT2D eigenvalue weighted by molar-refractivity contribution is 9.10. The normalized spacial score (nSPS) is 10.6. The number of hydrogen-bond donors (Lipinski definition) is 0. The van der Waals surface area contributed by atoms with Crippen LogP contribution in [-0.2, 0) is 22.6 Å². The SMILES string of the molecule is O=C(Cc1cccc2ccccc12)OCc1cccc(Br)c1. The lowest BCUT2D eigenvalue weighted by molar-refractivity contribution is -0.144. The summed E-state index contributed by atoms with van der Waals surface area (Å²) in [7, 11) is 0. The van der Waals surface area contributed by atoms with Crippen molar-refractivity contribution in [1.82, 2.24) is 0 Å². The summed E-state index contributed by atoms with van der Waals surface area (Å²) in [6.07, 6.45) is 0.287. The van der Waals surface area contributed by atoms with E-state index in [0.29, 0.717) is 6.61 Å². The average Bonchev–Trinajstić information content (AvgIpc) is 2.53. The molecule has 0 aliphatic carbocycles. The Hall–Kier alpha value is -2.13. The van der Waals surface area contributed by atoms with E-state index in [1.165, 1.54) is 0 Å². The fourth-order valence-corrected chi connectivity index (χ4v) is 2.89. The molecule has 0 aliphatic rings. The van der Waals surface area contributed by atoms with Crippen molar-refractivity contribution in [3.05, 3.63) is 82.3 Å². The van der Waals surface area contributed by atoms with Crippen molar-refractivity contribution >= 4 is 32.7 Å². The number of benzene rings is 3. The summed E-state index contributed by atoms with van der Waals surface area (Å²) in [4.78, 5) is 12.1. The Bertz CT molecular complexity index is 806. The molecule has 0 radical (unpaired) electrons. The number of ether oxygens (including phenoxy) is 1. The highest BCUT2D eigenvalue weighted by Gasteiger charge is 2.08. The van der Waals surface area contributed by atoms with E-state index in [1.807, 2.05) is 66.7 Å². The second-order valence-corrected chi connectivity index (χ2v) is 6.02. The molecule has 0 saturated carbocycles. The summed E-state index contributed by atoms with van der Waals surface area (Å²) in [6.45, 7) is 0.295. The summed E-state index contributed by atoms with van der Waals surface area (Å²) in [5.41, 5.74) is 1.97. The Morgan fingerprint density at radius 3 is 2.59 bits per heavy atom. The van der Waals surface area contributed by atoms with E-state index in [9.17, 15) is 4.79 Å². The molecule has 0 unspecified atom stereocenters. The number of fused-ring (bicyclic) bond motifs is 1. The molecule has 3 rings (SSSR count). The zero-order valence-corrected chi connectivity index (χ0v) is 13.5. The first kappa shape index (κ1) is 14.8. The van der Waals surface area contributed by atoms with E-state index in [1.54, 1.807) is 0 Å². The summed E-state index contributed by atoms with van der Waals surface area (Å²) in [5.74, 6) is -0.212. The van der Waals surface area contributed by atoms with Crippen LogP contribution in [0.3, 0.4) is 0 Å². The highest BCUT2D eigenvalue weighted by atomic mass is 79.9.